The van der Waals surface area contributed by atoms with E-state index in [9.17, 15) is 0 Å². The molecule has 1 fully saturated rings. The fraction of sp³-hybridized carbons (Fsp3) is 0.286. The summed E-state index contributed by atoms with van der Waals surface area (Å²) in [6.07, 6.45) is 0. The monoisotopic (exact) mass is 317 g/mol. The lowest BCUT2D eigenvalue weighted by molar-refractivity contribution is 0.154. The molecule has 0 amide bonds. The van der Waals surface area contributed by atoms with Crippen LogP contribution in [0.2, 0.25) is 0 Å². The number of aryl methyl sites for hydroxylation is 1. The number of nitrogens with zero attached hydrogens (tertiary/aromatic N) is 2. The average molecular weight is 317 g/mol. The van der Waals surface area contributed by atoms with E-state index < -0.39 is 0 Å². The number of fused-ring (bicyclic) bond motifs is 1. The Labute approximate surface area is 143 Å². The van der Waals surface area contributed by atoms with Crippen molar-refractivity contribution >= 4 is 10.9 Å². The van der Waals surface area contributed by atoms with E-state index in [0.29, 0.717) is 6.04 Å². The maximum atomic E-state index is 4.68. The van der Waals surface area contributed by atoms with Gasteiger partial charge in [-0.2, -0.15) is 0 Å². The van der Waals surface area contributed by atoms with Gasteiger partial charge in [0.25, 0.3) is 0 Å². The zero-order valence-electron chi connectivity index (χ0n) is 14.1. The maximum absolute atomic E-state index is 4.68. The van der Waals surface area contributed by atoms with Gasteiger partial charge in [0.15, 0.2) is 0 Å². The number of hydrogen-bond donors (Lipinski definition) is 1. The molecule has 4 rings (SSSR count). The van der Waals surface area contributed by atoms with Crippen LogP contribution in [0.1, 0.15) is 22.9 Å². The molecule has 1 saturated heterocycles. The van der Waals surface area contributed by atoms with Gasteiger partial charge < -0.3 is 5.32 Å². The van der Waals surface area contributed by atoms with Crippen molar-refractivity contribution in [1.82, 2.24) is 15.2 Å². The summed E-state index contributed by atoms with van der Waals surface area (Å²) in [6.45, 7) is 6.17. The molecule has 0 aliphatic carbocycles. The normalized spacial score (nSPS) is 18.8. The van der Waals surface area contributed by atoms with Crippen LogP contribution in [0.25, 0.3) is 10.9 Å². The number of para-hydroxylation sites is 1. The Hall–Kier alpha value is -2.23. The lowest BCUT2D eigenvalue weighted by Crippen LogP contribution is -2.45. The van der Waals surface area contributed by atoms with E-state index in [1.807, 2.05) is 0 Å². The number of rotatable bonds is 3. The number of piperazine rings is 1. The molecule has 0 spiro atoms. The van der Waals surface area contributed by atoms with Crippen molar-refractivity contribution in [3.05, 3.63) is 77.5 Å². The third-order valence-corrected chi connectivity index (χ3v) is 4.84. The first-order valence-electron chi connectivity index (χ1n) is 8.66. The lowest BCUT2D eigenvalue weighted by Gasteiger charge is -2.36. The molecule has 1 aromatic heterocycles. The lowest BCUT2D eigenvalue weighted by atomic mass is 10.0. The average Bonchev–Trinajstić information content (AvgIpc) is 2.63. The van der Waals surface area contributed by atoms with Crippen molar-refractivity contribution in [2.75, 3.05) is 19.6 Å². The molecule has 3 nitrogen and oxygen atoms in total. The van der Waals surface area contributed by atoms with Crippen LogP contribution in [0, 0.1) is 6.92 Å². The molecule has 2 aromatic carbocycles. The predicted molar refractivity (Wildman–Crippen MR) is 98.9 cm³/mol. The van der Waals surface area contributed by atoms with E-state index in [1.54, 1.807) is 0 Å². The topological polar surface area (TPSA) is 28.2 Å². The third kappa shape index (κ3) is 3.05. The Balaban J connectivity index is 1.68. The van der Waals surface area contributed by atoms with Crippen LogP contribution in [0.3, 0.4) is 0 Å². The largest absolute Gasteiger partial charge is 0.314 e. The quantitative estimate of drug-likeness (QED) is 0.798. The van der Waals surface area contributed by atoms with E-state index in [1.165, 1.54) is 16.5 Å². The van der Waals surface area contributed by atoms with Gasteiger partial charge in [-0.05, 0) is 30.2 Å². The molecule has 1 N–H and O–H groups in total. The molecule has 1 aliphatic heterocycles. The SMILES string of the molecule is Cc1cc(CN2CCNCC2c2ccccc2)c2ccccc2n1. The minimum absolute atomic E-state index is 0.423. The van der Waals surface area contributed by atoms with Gasteiger partial charge in [-0.1, -0.05) is 48.5 Å². The summed E-state index contributed by atoms with van der Waals surface area (Å²) in [5.41, 5.74) is 4.95. The smallest absolute Gasteiger partial charge is 0.0708 e. The summed E-state index contributed by atoms with van der Waals surface area (Å²) in [5.74, 6) is 0. The van der Waals surface area contributed by atoms with Gasteiger partial charge in [0.05, 0.1) is 5.52 Å². The summed E-state index contributed by atoms with van der Waals surface area (Å²) in [5, 5.41) is 4.82. The van der Waals surface area contributed by atoms with Crippen LogP contribution in [-0.2, 0) is 6.54 Å². The second-order valence-electron chi connectivity index (χ2n) is 6.54. The molecule has 0 saturated carbocycles. The van der Waals surface area contributed by atoms with E-state index >= 15 is 0 Å². The van der Waals surface area contributed by atoms with Crippen LogP contribution in [0.4, 0.5) is 0 Å². The molecule has 2 heterocycles. The van der Waals surface area contributed by atoms with Crippen LogP contribution in [-0.4, -0.2) is 29.5 Å². The van der Waals surface area contributed by atoms with Gasteiger partial charge in [0.2, 0.25) is 0 Å². The second kappa shape index (κ2) is 6.71. The number of pyridine rings is 1. The maximum Gasteiger partial charge on any atom is 0.0708 e. The Morgan fingerprint density at radius 1 is 1.08 bits per heavy atom. The standard InChI is InChI=1S/C21H23N3/c1-16-13-18(19-9-5-6-10-20(19)23-16)15-24-12-11-22-14-21(24)17-7-3-2-4-8-17/h2-10,13,21-22H,11-12,14-15H2,1H3. The minimum Gasteiger partial charge on any atom is -0.314 e. The Morgan fingerprint density at radius 2 is 1.88 bits per heavy atom. The number of nitrogens with one attached hydrogen (secondary N) is 1. The summed E-state index contributed by atoms with van der Waals surface area (Å²) < 4.78 is 0. The molecule has 1 aliphatic rings. The molecule has 1 atom stereocenters. The van der Waals surface area contributed by atoms with Crippen LogP contribution >= 0.6 is 0 Å². The first-order chi connectivity index (χ1) is 11.8. The highest BCUT2D eigenvalue weighted by Gasteiger charge is 2.24. The van der Waals surface area contributed by atoms with Gasteiger partial charge in [-0.3, -0.25) is 9.88 Å². The summed E-state index contributed by atoms with van der Waals surface area (Å²) in [6, 6.07) is 22.0. The fourth-order valence-electron chi connectivity index (χ4n) is 3.68. The summed E-state index contributed by atoms with van der Waals surface area (Å²) in [4.78, 5) is 7.27. The highest BCUT2D eigenvalue weighted by Crippen LogP contribution is 2.26. The first-order valence-corrected chi connectivity index (χ1v) is 8.66. The Morgan fingerprint density at radius 3 is 2.75 bits per heavy atom. The summed E-state index contributed by atoms with van der Waals surface area (Å²) >= 11 is 0. The molecule has 0 bridgehead atoms. The van der Waals surface area contributed by atoms with Crippen molar-refractivity contribution in [3.8, 4) is 0 Å². The molecule has 1 unspecified atom stereocenters. The van der Waals surface area contributed by atoms with Gasteiger partial charge in [0.1, 0.15) is 0 Å². The zero-order valence-corrected chi connectivity index (χ0v) is 14.1. The van der Waals surface area contributed by atoms with E-state index in [2.05, 4.69) is 82.8 Å². The van der Waals surface area contributed by atoms with Crippen molar-refractivity contribution < 1.29 is 0 Å². The van der Waals surface area contributed by atoms with Crippen LogP contribution < -0.4 is 5.32 Å². The Kier molecular flexibility index (Phi) is 4.28. The van der Waals surface area contributed by atoms with E-state index in [4.69, 9.17) is 0 Å². The van der Waals surface area contributed by atoms with Gasteiger partial charge in [-0.15, -0.1) is 0 Å². The molecule has 3 aromatic rings. The van der Waals surface area contributed by atoms with Crippen LogP contribution in [0.5, 0.6) is 0 Å². The minimum atomic E-state index is 0.423. The van der Waals surface area contributed by atoms with Gasteiger partial charge in [-0.25, -0.2) is 0 Å². The van der Waals surface area contributed by atoms with E-state index in [-0.39, 0.29) is 0 Å². The van der Waals surface area contributed by atoms with Crippen molar-refractivity contribution in [2.45, 2.75) is 19.5 Å². The fourth-order valence-corrected chi connectivity index (χ4v) is 3.68. The van der Waals surface area contributed by atoms with E-state index in [0.717, 1.165) is 37.4 Å². The zero-order chi connectivity index (χ0) is 16.4. The highest BCUT2D eigenvalue weighted by atomic mass is 15.2. The number of benzene rings is 2. The van der Waals surface area contributed by atoms with Crippen molar-refractivity contribution in [3.63, 3.8) is 0 Å². The Bertz CT molecular complexity index is 829. The van der Waals surface area contributed by atoms with Gasteiger partial charge in [0, 0.05) is 43.3 Å². The molecule has 3 heteroatoms. The number of aromatic nitrogens is 1. The summed E-state index contributed by atoms with van der Waals surface area (Å²) in [7, 11) is 0. The highest BCUT2D eigenvalue weighted by molar-refractivity contribution is 5.82. The molecule has 122 valence electrons. The molecule has 0 radical (unpaired) electrons. The third-order valence-electron chi connectivity index (χ3n) is 4.84. The molecular formula is C21H23N3. The van der Waals surface area contributed by atoms with Crippen molar-refractivity contribution in [2.24, 2.45) is 0 Å². The second-order valence-corrected chi connectivity index (χ2v) is 6.54. The van der Waals surface area contributed by atoms with Gasteiger partial charge >= 0.3 is 0 Å². The predicted octanol–water partition coefficient (Wildman–Crippen LogP) is 3.69. The first kappa shape index (κ1) is 15.3. The van der Waals surface area contributed by atoms with Crippen LogP contribution in [0.15, 0.2) is 60.7 Å². The molecular weight excluding hydrogens is 294 g/mol. The number of hydrogen-bond acceptors (Lipinski definition) is 3. The van der Waals surface area contributed by atoms with Crippen molar-refractivity contribution in [1.29, 1.82) is 0 Å². The molecule has 24 heavy (non-hydrogen) atoms.